The Morgan fingerprint density at radius 2 is 1.92 bits per heavy atom. The van der Waals surface area contributed by atoms with Crippen LogP contribution in [0.25, 0.3) is 11.0 Å². The van der Waals surface area contributed by atoms with Gasteiger partial charge in [-0.25, -0.2) is 23.6 Å². The summed E-state index contributed by atoms with van der Waals surface area (Å²) >= 11 is 0. The molecule has 0 atom stereocenters. The molecule has 13 heteroatoms. The summed E-state index contributed by atoms with van der Waals surface area (Å²) in [5.74, 6) is -0.395. The van der Waals surface area contributed by atoms with Crippen LogP contribution in [0.1, 0.15) is 47.0 Å². The van der Waals surface area contributed by atoms with Gasteiger partial charge in [0.25, 0.3) is 0 Å². The molecule has 3 fully saturated rings. The van der Waals surface area contributed by atoms with Gasteiger partial charge in [-0.2, -0.15) is 5.10 Å². The van der Waals surface area contributed by atoms with Crippen LogP contribution in [0.2, 0.25) is 0 Å². The second-order valence-electron chi connectivity index (χ2n) is 11.0. The number of carbonyl (C=O) groups is 3. The van der Waals surface area contributed by atoms with Crippen LogP contribution >= 0.6 is 0 Å². The van der Waals surface area contributed by atoms with Crippen LogP contribution in [-0.2, 0) is 20.8 Å². The first-order valence-corrected chi connectivity index (χ1v) is 13.0. The van der Waals surface area contributed by atoms with Crippen LogP contribution in [0.3, 0.4) is 0 Å². The Balaban J connectivity index is 1.37. The number of piperidine rings is 1. The van der Waals surface area contributed by atoms with E-state index in [-0.39, 0.29) is 36.6 Å². The SMILES string of the molecule is CCn1nc(N2CCC(=O)NC2=O)c2cc(F)c(N3CCOC4(CCN(C(=O)OC(C)(C)C)CC4)C3)nc21. The molecule has 5 rings (SSSR count). The van der Waals surface area contributed by atoms with Crippen molar-refractivity contribution >= 4 is 40.7 Å². The van der Waals surface area contributed by atoms with Crippen LogP contribution in [0, 0.1) is 5.82 Å². The molecule has 1 N–H and O–H groups in total. The quantitative estimate of drug-likeness (QED) is 0.642. The Morgan fingerprint density at radius 3 is 2.58 bits per heavy atom. The van der Waals surface area contributed by atoms with E-state index in [1.54, 1.807) is 9.58 Å². The fourth-order valence-corrected chi connectivity index (χ4v) is 5.21. The standard InChI is InChI=1S/C25H34FN7O5/c1-5-33-19-16(20(29-33)32-9-6-18(34)27-22(32)35)14-17(26)21(28-19)31-12-13-37-25(15-31)7-10-30(11-8-25)23(36)38-24(2,3)4/h14H,5-13,15H2,1-4H3,(H,27,34,35). The third-order valence-electron chi connectivity index (χ3n) is 7.12. The molecule has 38 heavy (non-hydrogen) atoms. The molecule has 0 bridgehead atoms. The number of carbonyl (C=O) groups excluding carboxylic acids is 3. The largest absolute Gasteiger partial charge is 0.444 e. The topological polar surface area (TPSA) is 122 Å². The summed E-state index contributed by atoms with van der Waals surface area (Å²) in [7, 11) is 0. The van der Waals surface area contributed by atoms with E-state index in [1.165, 1.54) is 11.0 Å². The molecule has 0 unspecified atom stereocenters. The minimum atomic E-state index is -0.582. The van der Waals surface area contributed by atoms with E-state index in [0.717, 1.165) is 0 Å². The van der Waals surface area contributed by atoms with Gasteiger partial charge in [0.15, 0.2) is 23.1 Å². The summed E-state index contributed by atoms with van der Waals surface area (Å²) < 4.78 is 28.9. The predicted molar refractivity (Wildman–Crippen MR) is 137 cm³/mol. The number of amides is 4. The van der Waals surface area contributed by atoms with Crippen molar-refractivity contribution < 1.29 is 28.2 Å². The van der Waals surface area contributed by atoms with Crippen molar-refractivity contribution in [1.82, 2.24) is 25.0 Å². The fourth-order valence-electron chi connectivity index (χ4n) is 5.21. The lowest BCUT2D eigenvalue weighted by molar-refractivity contribution is -0.120. The molecule has 4 amide bonds. The number of imide groups is 1. The van der Waals surface area contributed by atoms with Gasteiger partial charge < -0.3 is 19.3 Å². The Kier molecular flexibility index (Phi) is 6.66. The van der Waals surface area contributed by atoms with Crippen molar-refractivity contribution in [2.24, 2.45) is 0 Å². The normalized spacial score (nSPS) is 20.3. The number of aromatic nitrogens is 3. The Hall–Kier alpha value is -3.48. The van der Waals surface area contributed by atoms with Gasteiger partial charge in [-0.05, 0) is 46.6 Å². The van der Waals surface area contributed by atoms with E-state index in [9.17, 15) is 14.4 Å². The molecule has 206 valence electrons. The van der Waals surface area contributed by atoms with E-state index in [0.29, 0.717) is 63.2 Å². The average Bonchev–Trinajstić information content (AvgIpc) is 3.20. The number of fused-ring (bicyclic) bond motifs is 1. The second-order valence-corrected chi connectivity index (χ2v) is 11.0. The highest BCUT2D eigenvalue weighted by atomic mass is 19.1. The van der Waals surface area contributed by atoms with Gasteiger partial charge in [-0.1, -0.05) is 0 Å². The maximum Gasteiger partial charge on any atom is 0.410 e. The lowest BCUT2D eigenvalue weighted by Gasteiger charge is -2.47. The molecule has 5 heterocycles. The van der Waals surface area contributed by atoms with Gasteiger partial charge in [0, 0.05) is 45.7 Å². The minimum absolute atomic E-state index is 0.140. The number of aryl methyl sites for hydroxylation is 1. The molecular formula is C25H34FN7O5. The van der Waals surface area contributed by atoms with Gasteiger partial charge in [0.2, 0.25) is 5.91 Å². The van der Waals surface area contributed by atoms with Gasteiger partial charge in [-0.3, -0.25) is 15.0 Å². The third kappa shape index (κ3) is 4.98. The number of anilines is 2. The van der Waals surface area contributed by atoms with Crippen molar-refractivity contribution in [3.63, 3.8) is 0 Å². The second kappa shape index (κ2) is 9.68. The molecule has 0 radical (unpaired) electrons. The molecule has 1 spiro atoms. The van der Waals surface area contributed by atoms with Gasteiger partial charge in [-0.15, -0.1) is 0 Å². The molecule has 0 aromatic carbocycles. The molecule has 2 aromatic rings. The van der Waals surface area contributed by atoms with Crippen molar-refractivity contribution in [1.29, 1.82) is 0 Å². The van der Waals surface area contributed by atoms with E-state index >= 15 is 4.39 Å². The monoisotopic (exact) mass is 531 g/mol. The average molecular weight is 532 g/mol. The lowest BCUT2D eigenvalue weighted by Crippen LogP contribution is -2.58. The number of hydrogen-bond acceptors (Lipinski definition) is 8. The summed E-state index contributed by atoms with van der Waals surface area (Å²) in [4.78, 5) is 46.1. The molecule has 3 aliphatic rings. The number of morpholine rings is 1. The van der Waals surface area contributed by atoms with E-state index in [4.69, 9.17) is 9.47 Å². The van der Waals surface area contributed by atoms with E-state index in [1.807, 2.05) is 32.6 Å². The highest BCUT2D eigenvalue weighted by Crippen LogP contribution is 2.35. The molecular weight excluding hydrogens is 497 g/mol. The number of nitrogens with zero attached hydrogens (tertiary/aromatic N) is 6. The number of pyridine rings is 1. The number of ether oxygens (including phenoxy) is 2. The number of hydrogen-bond donors (Lipinski definition) is 1. The number of rotatable bonds is 3. The summed E-state index contributed by atoms with van der Waals surface area (Å²) in [6, 6.07) is 0.782. The zero-order valence-electron chi connectivity index (χ0n) is 22.3. The lowest BCUT2D eigenvalue weighted by atomic mass is 9.89. The Labute approximate surface area is 220 Å². The zero-order valence-corrected chi connectivity index (χ0v) is 22.3. The van der Waals surface area contributed by atoms with Gasteiger partial charge in [0.05, 0.1) is 17.6 Å². The van der Waals surface area contributed by atoms with E-state index in [2.05, 4.69) is 15.4 Å². The third-order valence-corrected chi connectivity index (χ3v) is 7.12. The highest BCUT2D eigenvalue weighted by molar-refractivity contribution is 6.08. The van der Waals surface area contributed by atoms with Crippen LogP contribution < -0.4 is 15.1 Å². The fraction of sp³-hybridized carbons (Fsp3) is 0.640. The van der Waals surface area contributed by atoms with Crippen molar-refractivity contribution in [2.45, 2.75) is 64.7 Å². The smallest absolute Gasteiger partial charge is 0.410 e. The highest BCUT2D eigenvalue weighted by Gasteiger charge is 2.42. The summed E-state index contributed by atoms with van der Waals surface area (Å²) in [5.41, 5.74) is -0.621. The molecule has 3 saturated heterocycles. The Bertz CT molecular complexity index is 1270. The summed E-state index contributed by atoms with van der Waals surface area (Å²) in [5, 5.41) is 7.21. The van der Waals surface area contributed by atoms with Crippen molar-refractivity contribution in [3.05, 3.63) is 11.9 Å². The van der Waals surface area contributed by atoms with Crippen LogP contribution in [0.15, 0.2) is 6.07 Å². The predicted octanol–water partition coefficient (Wildman–Crippen LogP) is 2.64. The maximum absolute atomic E-state index is 15.6. The maximum atomic E-state index is 15.6. The molecule has 0 aliphatic carbocycles. The first-order valence-electron chi connectivity index (χ1n) is 13.0. The first kappa shape index (κ1) is 26.1. The van der Waals surface area contributed by atoms with Gasteiger partial charge in [0.1, 0.15) is 5.60 Å². The van der Waals surface area contributed by atoms with E-state index < -0.39 is 23.1 Å². The van der Waals surface area contributed by atoms with Crippen molar-refractivity contribution in [3.8, 4) is 0 Å². The summed E-state index contributed by atoms with van der Waals surface area (Å²) in [6.45, 7) is 10.3. The number of urea groups is 1. The molecule has 3 aliphatic heterocycles. The van der Waals surface area contributed by atoms with Crippen molar-refractivity contribution in [2.75, 3.05) is 49.1 Å². The minimum Gasteiger partial charge on any atom is -0.444 e. The molecule has 2 aromatic heterocycles. The summed E-state index contributed by atoms with van der Waals surface area (Å²) in [6.07, 6.45) is 1.01. The Morgan fingerprint density at radius 1 is 1.18 bits per heavy atom. The van der Waals surface area contributed by atoms with Crippen LogP contribution in [0.5, 0.6) is 0 Å². The first-order chi connectivity index (χ1) is 18.0. The van der Waals surface area contributed by atoms with Gasteiger partial charge >= 0.3 is 12.1 Å². The number of halogens is 1. The number of nitrogens with one attached hydrogen (secondary N) is 1. The molecule has 0 saturated carbocycles. The molecule has 12 nitrogen and oxygen atoms in total. The van der Waals surface area contributed by atoms with Crippen LogP contribution in [0.4, 0.5) is 25.6 Å². The van der Waals surface area contributed by atoms with Crippen LogP contribution in [-0.4, -0.2) is 88.2 Å². The number of likely N-dealkylation sites (tertiary alicyclic amines) is 1. The zero-order chi connectivity index (χ0) is 27.2.